The van der Waals surface area contributed by atoms with Gasteiger partial charge in [-0.2, -0.15) is 0 Å². The summed E-state index contributed by atoms with van der Waals surface area (Å²) in [5.74, 6) is 3.92. The zero-order chi connectivity index (χ0) is 21.3. The summed E-state index contributed by atoms with van der Waals surface area (Å²) < 4.78 is 18.7. The normalized spacial score (nSPS) is 11.7. The fraction of sp³-hybridized carbons (Fsp3) is 0.304. The number of hydrogen-bond donors (Lipinski definition) is 0. The zero-order valence-electron chi connectivity index (χ0n) is 17.0. The van der Waals surface area contributed by atoms with Gasteiger partial charge in [0.15, 0.2) is 11.5 Å². The molecule has 0 saturated heterocycles. The molecule has 2 aromatic carbocycles. The second-order valence-corrected chi connectivity index (χ2v) is 7.06. The first kappa shape index (κ1) is 21.7. The Morgan fingerprint density at radius 1 is 1.17 bits per heavy atom. The molecule has 0 radical (unpaired) electrons. The number of aromatic nitrogens is 3. The number of methoxy groups -OCH3 is 1. The zero-order valence-corrected chi connectivity index (χ0v) is 17.8. The third-order valence-corrected chi connectivity index (χ3v) is 4.62. The number of benzene rings is 2. The Hall–Kier alpha value is -3.01. The number of rotatable bonds is 10. The maximum absolute atomic E-state index is 6.00. The Morgan fingerprint density at radius 3 is 2.67 bits per heavy atom. The molecule has 1 atom stereocenters. The average Bonchev–Trinajstić information content (AvgIpc) is 3.22. The Balaban J connectivity index is 1.80. The van der Waals surface area contributed by atoms with E-state index < -0.39 is 6.10 Å². The van der Waals surface area contributed by atoms with E-state index in [0.717, 1.165) is 17.5 Å². The van der Waals surface area contributed by atoms with Crippen LogP contribution in [0.25, 0.3) is 0 Å². The molecular formula is C23H24ClN3O3. The third-order valence-electron chi connectivity index (χ3n) is 4.37. The van der Waals surface area contributed by atoms with Crippen LogP contribution >= 0.6 is 11.6 Å². The maximum Gasteiger partial charge on any atom is 0.161 e. The first-order valence-electron chi connectivity index (χ1n) is 9.64. The predicted octanol–water partition coefficient (Wildman–Crippen LogP) is 4.52. The molecule has 1 unspecified atom stereocenters. The van der Waals surface area contributed by atoms with E-state index in [9.17, 15) is 0 Å². The van der Waals surface area contributed by atoms with Gasteiger partial charge in [-0.25, -0.2) is 4.68 Å². The molecule has 1 heterocycles. The summed E-state index contributed by atoms with van der Waals surface area (Å²) in [6.45, 7) is 3.38. The van der Waals surface area contributed by atoms with Gasteiger partial charge in [0.2, 0.25) is 0 Å². The highest BCUT2D eigenvalue weighted by Crippen LogP contribution is 2.29. The molecule has 0 saturated carbocycles. The van der Waals surface area contributed by atoms with E-state index in [1.807, 2.05) is 48.7 Å². The summed E-state index contributed by atoms with van der Waals surface area (Å²) >= 11 is 6.00. The number of hydrogen-bond acceptors (Lipinski definition) is 5. The molecule has 0 aliphatic rings. The largest absolute Gasteiger partial charge is 0.493 e. The van der Waals surface area contributed by atoms with Crippen LogP contribution in [0.1, 0.15) is 36.3 Å². The highest BCUT2D eigenvalue weighted by atomic mass is 35.5. The highest BCUT2D eigenvalue weighted by molar-refractivity contribution is 6.30. The van der Waals surface area contributed by atoms with Gasteiger partial charge in [0.05, 0.1) is 26.5 Å². The molecule has 0 N–H and O–H groups in total. The predicted molar refractivity (Wildman–Crippen MR) is 116 cm³/mol. The van der Waals surface area contributed by atoms with Crippen LogP contribution in [0, 0.1) is 12.3 Å². The van der Waals surface area contributed by atoms with Gasteiger partial charge in [-0.3, -0.25) is 0 Å². The first-order chi connectivity index (χ1) is 14.6. The molecule has 7 heteroatoms. The molecule has 0 fully saturated rings. The van der Waals surface area contributed by atoms with Crippen LogP contribution < -0.4 is 9.47 Å². The number of halogens is 1. The van der Waals surface area contributed by atoms with Gasteiger partial charge in [-0.15, -0.1) is 11.5 Å². The minimum atomic E-state index is -0.425. The minimum absolute atomic E-state index is 0.163. The molecule has 0 spiro atoms. The summed E-state index contributed by atoms with van der Waals surface area (Å²) in [6.07, 6.45) is 7.73. The third kappa shape index (κ3) is 5.53. The van der Waals surface area contributed by atoms with Crippen LogP contribution in [0.3, 0.4) is 0 Å². The molecular weight excluding hydrogens is 402 g/mol. The van der Waals surface area contributed by atoms with Gasteiger partial charge >= 0.3 is 0 Å². The molecule has 3 rings (SSSR count). The van der Waals surface area contributed by atoms with Crippen LogP contribution in [-0.2, 0) is 11.3 Å². The Bertz CT molecular complexity index is 996. The summed E-state index contributed by atoms with van der Waals surface area (Å²) in [6, 6.07) is 13.2. The Kier molecular flexibility index (Phi) is 7.72. The molecule has 0 amide bonds. The van der Waals surface area contributed by atoms with E-state index in [1.54, 1.807) is 11.8 Å². The molecule has 6 nitrogen and oxygen atoms in total. The number of ether oxygens (including phenoxy) is 3. The molecule has 0 aliphatic carbocycles. The minimum Gasteiger partial charge on any atom is -0.493 e. The van der Waals surface area contributed by atoms with Crippen LogP contribution in [0.5, 0.6) is 11.5 Å². The molecule has 30 heavy (non-hydrogen) atoms. The average molecular weight is 426 g/mol. The van der Waals surface area contributed by atoms with Crippen LogP contribution in [-0.4, -0.2) is 35.3 Å². The first-order valence-corrected chi connectivity index (χ1v) is 10.0. The Labute approximate surface area is 181 Å². The maximum atomic E-state index is 6.00. The quantitative estimate of drug-likeness (QED) is 0.447. The van der Waals surface area contributed by atoms with E-state index in [2.05, 4.69) is 23.2 Å². The molecule has 0 aliphatic heterocycles. The lowest BCUT2D eigenvalue weighted by molar-refractivity contribution is 0.105. The van der Waals surface area contributed by atoms with E-state index in [1.165, 1.54) is 0 Å². The van der Waals surface area contributed by atoms with Crippen LogP contribution in [0.4, 0.5) is 0 Å². The number of terminal acetylenes is 1. The summed E-state index contributed by atoms with van der Waals surface area (Å²) in [4.78, 5) is 0. The van der Waals surface area contributed by atoms with E-state index in [0.29, 0.717) is 35.4 Å². The van der Waals surface area contributed by atoms with Gasteiger partial charge in [0.1, 0.15) is 18.4 Å². The smallest absolute Gasteiger partial charge is 0.161 e. The summed E-state index contributed by atoms with van der Waals surface area (Å²) in [5, 5.41) is 9.21. The lowest BCUT2D eigenvalue weighted by atomic mass is 10.1. The molecule has 3 aromatic rings. The monoisotopic (exact) mass is 425 g/mol. The summed E-state index contributed by atoms with van der Waals surface area (Å²) in [7, 11) is 1.63. The van der Waals surface area contributed by atoms with Crippen molar-refractivity contribution >= 4 is 11.6 Å². The SMILES string of the molecule is C#CCOC(c1ccc(Cl)cc1)c1cn(Cc2ccc(OC)c(OCCC)c2)nn1. The molecule has 0 bridgehead atoms. The van der Waals surface area contributed by atoms with E-state index in [-0.39, 0.29) is 6.61 Å². The van der Waals surface area contributed by atoms with Crippen molar-refractivity contribution < 1.29 is 14.2 Å². The van der Waals surface area contributed by atoms with Crippen molar-refractivity contribution in [2.75, 3.05) is 20.3 Å². The van der Waals surface area contributed by atoms with Crippen molar-refractivity contribution in [1.82, 2.24) is 15.0 Å². The van der Waals surface area contributed by atoms with Crippen molar-refractivity contribution in [3.8, 4) is 23.8 Å². The van der Waals surface area contributed by atoms with Crippen LogP contribution in [0.2, 0.25) is 5.02 Å². The van der Waals surface area contributed by atoms with Gasteiger partial charge in [-0.05, 0) is 41.8 Å². The van der Waals surface area contributed by atoms with Gasteiger partial charge < -0.3 is 14.2 Å². The topological polar surface area (TPSA) is 58.4 Å². The van der Waals surface area contributed by atoms with Crippen molar-refractivity contribution in [3.63, 3.8) is 0 Å². The van der Waals surface area contributed by atoms with Gasteiger partial charge in [0, 0.05) is 5.02 Å². The van der Waals surface area contributed by atoms with Crippen molar-refractivity contribution in [3.05, 3.63) is 70.5 Å². The van der Waals surface area contributed by atoms with Crippen molar-refractivity contribution in [1.29, 1.82) is 0 Å². The Morgan fingerprint density at radius 2 is 1.97 bits per heavy atom. The fourth-order valence-electron chi connectivity index (χ4n) is 2.96. The second kappa shape index (κ2) is 10.7. The number of nitrogens with zero attached hydrogens (tertiary/aromatic N) is 3. The molecule has 156 valence electrons. The van der Waals surface area contributed by atoms with Crippen molar-refractivity contribution in [2.45, 2.75) is 26.0 Å². The standard InChI is InChI=1S/C23H24ClN3O3/c1-4-12-29-22-14-17(6-11-21(22)28-3)15-27-16-20(25-26-27)23(30-13-5-2)18-7-9-19(24)10-8-18/h2,6-11,14,16,23H,4,12-13,15H2,1,3H3. The molecule has 1 aromatic heterocycles. The summed E-state index contributed by atoms with van der Waals surface area (Å²) in [5.41, 5.74) is 2.59. The lowest BCUT2D eigenvalue weighted by Crippen LogP contribution is -2.07. The van der Waals surface area contributed by atoms with Crippen LogP contribution in [0.15, 0.2) is 48.7 Å². The van der Waals surface area contributed by atoms with E-state index >= 15 is 0 Å². The van der Waals surface area contributed by atoms with Gasteiger partial charge in [0.25, 0.3) is 0 Å². The highest BCUT2D eigenvalue weighted by Gasteiger charge is 2.19. The van der Waals surface area contributed by atoms with Crippen molar-refractivity contribution in [2.24, 2.45) is 0 Å². The lowest BCUT2D eigenvalue weighted by Gasteiger charge is -2.14. The van der Waals surface area contributed by atoms with E-state index in [4.69, 9.17) is 32.2 Å². The van der Waals surface area contributed by atoms with Gasteiger partial charge in [-0.1, -0.05) is 47.9 Å². The second-order valence-electron chi connectivity index (χ2n) is 6.62. The fourth-order valence-corrected chi connectivity index (χ4v) is 3.09.